The number of para-hydroxylation sites is 1. The van der Waals surface area contributed by atoms with Gasteiger partial charge in [0.25, 0.3) is 5.91 Å². The van der Waals surface area contributed by atoms with Gasteiger partial charge in [-0.3, -0.25) is 9.78 Å². The summed E-state index contributed by atoms with van der Waals surface area (Å²) in [6.45, 7) is 3.75. The van der Waals surface area contributed by atoms with Gasteiger partial charge in [0.05, 0.1) is 23.6 Å². The molecule has 0 unspecified atom stereocenters. The van der Waals surface area contributed by atoms with E-state index in [1.807, 2.05) is 55.6 Å². The van der Waals surface area contributed by atoms with Gasteiger partial charge in [0.15, 0.2) is 0 Å². The zero-order chi connectivity index (χ0) is 28.5. The number of aryl methyl sites for hydroxylation is 1. The molecule has 2 aromatic heterocycles. The minimum Gasteiger partial charge on any atom is -0.508 e. The molecular weight excluding hydrogens is 517 g/mol. The number of hydrogen-bond donors (Lipinski definition) is 4. The molecule has 0 saturated carbocycles. The predicted molar refractivity (Wildman–Crippen MR) is 160 cm³/mol. The smallest absolute Gasteiger partial charge is 0.252 e. The van der Waals surface area contributed by atoms with Crippen LogP contribution in [-0.4, -0.2) is 40.1 Å². The molecule has 41 heavy (non-hydrogen) atoms. The summed E-state index contributed by atoms with van der Waals surface area (Å²) in [5.41, 5.74) is 11.8. The third-order valence-corrected chi connectivity index (χ3v) is 7.73. The SMILES string of the molecule is Cc1cc(C(=O)N[C@@H](c2cc3ccccc3[nH]2)c2cc(F)ccc2O)cc(-c2ccc(N3CCC(N)CC3)cn2)c1. The summed E-state index contributed by atoms with van der Waals surface area (Å²) in [5.74, 6) is -0.975. The Morgan fingerprint density at radius 2 is 1.88 bits per heavy atom. The maximum atomic E-state index is 14.3. The van der Waals surface area contributed by atoms with E-state index in [4.69, 9.17) is 10.7 Å². The van der Waals surface area contributed by atoms with Crippen LogP contribution in [0.5, 0.6) is 5.75 Å². The first-order chi connectivity index (χ1) is 19.8. The Balaban J connectivity index is 1.30. The van der Waals surface area contributed by atoms with Crippen molar-refractivity contribution in [2.45, 2.75) is 31.8 Å². The second-order valence-electron chi connectivity index (χ2n) is 10.7. The number of H-pyrrole nitrogens is 1. The molecule has 1 amide bonds. The number of nitrogens with two attached hydrogens (primary N) is 1. The number of halogens is 1. The molecule has 1 saturated heterocycles. The molecule has 8 heteroatoms. The summed E-state index contributed by atoms with van der Waals surface area (Å²) < 4.78 is 14.3. The predicted octanol–water partition coefficient (Wildman–Crippen LogP) is 5.83. The van der Waals surface area contributed by atoms with Crippen molar-refractivity contribution in [2.75, 3.05) is 18.0 Å². The highest BCUT2D eigenvalue weighted by molar-refractivity contribution is 5.96. The monoisotopic (exact) mass is 549 g/mol. The molecule has 3 heterocycles. The van der Waals surface area contributed by atoms with Crippen LogP contribution >= 0.6 is 0 Å². The highest BCUT2D eigenvalue weighted by Crippen LogP contribution is 2.32. The van der Waals surface area contributed by atoms with Crippen molar-refractivity contribution in [2.24, 2.45) is 5.73 Å². The number of hydrogen-bond acceptors (Lipinski definition) is 5. The van der Waals surface area contributed by atoms with Gasteiger partial charge in [0, 0.05) is 47.0 Å². The minimum absolute atomic E-state index is 0.111. The van der Waals surface area contributed by atoms with Crippen molar-refractivity contribution in [1.82, 2.24) is 15.3 Å². The summed E-state index contributed by atoms with van der Waals surface area (Å²) in [5, 5.41) is 14.6. The Morgan fingerprint density at radius 3 is 2.63 bits per heavy atom. The average Bonchev–Trinajstić information content (AvgIpc) is 3.41. The van der Waals surface area contributed by atoms with E-state index in [0.717, 1.165) is 59.3 Å². The molecule has 1 aliphatic rings. The van der Waals surface area contributed by atoms with E-state index >= 15 is 0 Å². The molecule has 0 radical (unpaired) electrons. The molecule has 1 fully saturated rings. The first-order valence-corrected chi connectivity index (χ1v) is 13.8. The van der Waals surface area contributed by atoms with Crippen molar-refractivity contribution < 1.29 is 14.3 Å². The fourth-order valence-electron chi connectivity index (χ4n) is 5.51. The highest BCUT2D eigenvalue weighted by atomic mass is 19.1. The molecule has 0 bridgehead atoms. The summed E-state index contributed by atoms with van der Waals surface area (Å²) in [4.78, 5) is 24.0. The minimum atomic E-state index is -0.815. The molecule has 5 N–H and O–H groups in total. The molecular formula is C33H32FN5O2. The fraction of sp³-hybridized carbons (Fsp3) is 0.212. The van der Waals surface area contributed by atoms with Gasteiger partial charge >= 0.3 is 0 Å². The van der Waals surface area contributed by atoms with E-state index in [0.29, 0.717) is 11.3 Å². The van der Waals surface area contributed by atoms with Crippen LogP contribution in [0.15, 0.2) is 85.1 Å². The Bertz CT molecular complexity index is 1670. The van der Waals surface area contributed by atoms with E-state index < -0.39 is 11.9 Å². The number of amides is 1. The van der Waals surface area contributed by atoms with Crippen molar-refractivity contribution in [3.63, 3.8) is 0 Å². The lowest BCUT2D eigenvalue weighted by Crippen LogP contribution is -2.39. The third kappa shape index (κ3) is 5.64. The lowest BCUT2D eigenvalue weighted by molar-refractivity contribution is 0.0942. The number of pyridine rings is 1. The van der Waals surface area contributed by atoms with Gasteiger partial charge in [-0.25, -0.2) is 4.39 Å². The van der Waals surface area contributed by atoms with E-state index in [2.05, 4.69) is 21.3 Å². The number of phenolic OH excluding ortho intramolecular Hbond substituents is 1. The van der Waals surface area contributed by atoms with Gasteiger partial charge in [-0.05, 0) is 91.4 Å². The number of phenols is 1. The van der Waals surface area contributed by atoms with Crippen LogP contribution in [0.4, 0.5) is 10.1 Å². The molecule has 1 atom stereocenters. The summed E-state index contributed by atoms with van der Waals surface area (Å²) in [6, 6.07) is 22.4. The van der Waals surface area contributed by atoms with Gasteiger partial charge in [0.2, 0.25) is 0 Å². The number of piperidine rings is 1. The van der Waals surface area contributed by atoms with Crippen molar-refractivity contribution in [3.05, 3.63) is 113 Å². The van der Waals surface area contributed by atoms with Gasteiger partial charge in [-0.15, -0.1) is 0 Å². The number of anilines is 1. The fourth-order valence-corrected chi connectivity index (χ4v) is 5.51. The number of rotatable bonds is 6. The number of carbonyl (C=O) groups is 1. The van der Waals surface area contributed by atoms with E-state index in [9.17, 15) is 14.3 Å². The summed E-state index contributed by atoms with van der Waals surface area (Å²) in [7, 11) is 0. The van der Waals surface area contributed by atoms with E-state index in [-0.39, 0.29) is 23.3 Å². The van der Waals surface area contributed by atoms with Crippen LogP contribution in [0.2, 0.25) is 0 Å². The zero-order valence-corrected chi connectivity index (χ0v) is 22.8. The molecule has 3 aromatic carbocycles. The Labute approximate surface area is 237 Å². The Kier molecular flexibility index (Phi) is 7.15. The van der Waals surface area contributed by atoms with Crippen molar-refractivity contribution in [1.29, 1.82) is 0 Å². The molecule has 7 nitrogen and oxygen atoms in total. The second kappa shape index (κ2) is 11.1. The quantitative estimate of drug-likeness (QED) is 0.213. The molecule has 0 spiro atoms. The van der Waals surface area contributed by atoms with E-state index in [1.54, 1.807) is 12.1 Å². The van der Waals surface area contributed by atoms with Crippen LogP contribution in [0, 0.1) is 12.7 Å². The molecule has 0 aliphatic carbocycles. The van der Waals surface area contributed by atoms with E-state index in [1.165, 1.54) is 18.2 Å². The maximum Gasteiger partial charge on any atom is 0.252 e. The highest BCUT2D eigenvalue weighted by Gasteiger charge is 2.24. The third-order valence-electron chi connectivity index (χ3n) is 7.73. The summed E-state index contributed by atoms with van der Waals surface area (Å²) in [6.07, 6.45) is 3.79. The standard InChI is InChI=1S/C33H32FN5O2/c1-20-14-22(28-8-7-26(19-36-28)39-12-10-25(35)11-13-39)16-23(15-20)33(41)38-32(27-18-24(34)6-9-31(27)40)30-17-21-4-2-3-5-29(21)37-30/h2-9,14-19,25,32,37,40H,10-13,35H2,1H3,(H,38,41)/t32-/m1/s1. The van der Waals surface area contributed by atoms with Gasteiger partial charge < -0.3 is 26.0 Å². The number of carbonyl (C=O) groups excluding carboxylic acids is 1. The van der Waals surface area contributed by atoms with Gasteiger partial charge in [-0.1, -0.05) is 18.2 Å². The topological polar surface area (TPSA) is 107 Å². The normalized spacial score (nSPS) is 14.8. The first-order valence-electron chi connectivity index (χ1n) is 13.8. The lowest BCUT2D eigenvalue weighted by atomic mass is 10.00. The first kappa shape index (κ1) is 26.5. The largest absolute Gasteiger partial charge is 0.508 e. The van der Waals surface area contributed by atoms with Crippen LogP contribution < -0.4 is 16.0 Å². The molecule has 5 aromatic rings. The number of aromatic nitrogens is 2. The zero-order valence-electron chi connectivity index (χ0n) is 22.8. The summed E-state index contributed by atoms with van der Waals surface area (Å²) >= 11 is 0. The molecule has 6 rings (SSSR count). The van der Waals surface area contributed by atoms with Crippen LogP contribution in [0.1, 0.15) is 46.1 Å². The number of aromatic hydroxyl groups is 1. The number of nitrogens with one attached hydrogen (secondary N) is 2. The lowest BCUT2D eigenvalue weighted by Gasteiger charge is -2.31. The Morgan fingerprint density at radius 1 is 1.07 bits per heavy atom. The van der Waals surface area contributed by atoms with Crippen molar-refractivity contribution >= 4 is 22.5 Å². The number of fused-ring (bicyclic) bond motifs is 1. The van der Waals surface area contributed by atoms with Gasteiger partial charge in [0.1, 0.15) is 11.6 Å². The maximum absolute atomic E-state index is 14.3. The van der Waals surface area contributed by atoms with Crippen LogP contribution in [-0.2, 0) is 0 Å². The molecule has 1 aliphatic heterocycles. The number of benzene rings is 3. The molecule has 208 valence electrons. The van der Waals surface area contributed by atoms with Crippen LogP contribution in [0.3, 0.4) is 0 Å². The average molecular weight is 550 g/mol. The van der Waals surface area contributed by atoms with Crippen LogP contribution in [0.25, 0.3) is 22.2 Å². The number of aromatic amines is 1. The van der Waals surface area contributed by atoms with Gasteiger partial charge in [-0.2, -0.15) is 0 Å². The van der Waals surface area contributed by atoms with Crippen molar-refractivity contribution in [3.8, 4) is 17.0 Å². The number of nitrogens with zero attached hydrogens (tertiary/aromatic N) is 2. The second-order valence-corrected chi connectivity index (χ2v) is 10.7. The Hall–Kier alpha value is -4.69.